The fraction of sp³-hybridized carbons (Fsp3) is 0.136. The molecule has 2 heterocycles. The molecule has 2 aromatic carbocycles. The van der Waals surface area contributed by atoms with Crippen LogP contribution in [-0.2, 0) is 6.42 Å². The molecule has 0 aliphatic rings. The molecule has 2 aromatic heterocycles. The first-order chi connectivity index (χ1) is 15.3. The second-order valence-corrected chi connectivity index (χ2v) is 6.84. The molecule has 0 aliphatic heterocycles. The summed E-state index contributed by atoms with van der Waals surface area (Å²) in [5, 5.41) is 10.8. The molecule has 4 rings (SSSR count). The number of alkyl halides is 3. The molecule has 0 spiro atoms. The normalized spacial score (nSPS) is 11.5. The third kappa shape index (κ3) is 4.85. The number of fused-ring (bicyclic) bond motifs is 1. The molecule has 164 valence electrons. The third-order valence-electron chi connectivity index (χ3n) is 4.65. The number of rotatable bonds is 6. The van der Waals surface area contributed by atoms with Gasteiger partial charge < -0.3 is 10.1 Å². The topological polar surface area (TPSA) is 68.5 Å². The fourth-order valence-electron chi connectivity index (χ4n) is 3.14. The Kier molecular flexibility index (Phi) is 5.76. The van der Waals surface area contributed by atoms with Gasteiger partial charge >= 0.3 is 6.36 Å². The van der Waals surface area contributed by atoms with Crippen molar-refractivity contribution in [2.24, 2.45) is 0 Å². The van der Waals surface area contributed by atoms with Crippen LogP contribution in [0, 0.1) is 5.82 Å². The van der Waals surface area contributed by atoms with Crippen LogP contribution in [0.15, 0.2) is 66.9 Å². The Bertz CT molecular complexity index is 1250. The monoisotopic (exact) mass is 444 g/mol. The minimum Gasteiger partial charge on any atom is -0.406 e. The number of hydrogen-bond donors (Lipinski definition) is 1. The second-order valence-electron chi connectivity index (χ2n) is 6.84. The number of hydrogen-bond acceptors (Lipinski definition) is 4. The van der Waals surface area contributed by atoms with Crippen LogP contribution in [0.25, 0.3) is 17.0 Å². The highest BCUT2D eigenvalue weighted by Crippen LogP contribution is 2.26. The quantitative estimate of drug-likeness (QED) is 0.448. The third-order valence-corrected chi connectivity index (χ3v) is 4.65. The Morgan fingerprint density at radius 1 is 1.00 bits per heavy atom. The number of halogens is 4. The van der Waals surface area contributed by atoms with Crippen LogP contribution in [0.1, 0.15) is 15.9 Å². The zero-order valence-electron chi connectivity index (χ0n) is 16.4. The SMILES string of the molecule is O=C(NCCc1ccccc1F)c1ccc2nnc(-c3ccc(OC(F)(F)F)cc3)n2c1. The first kappa shape index (κ1) is 21.3. The van der Waals surface area contributed by atoms with E-state index in [1.807, 2.05) is 0 Å². The summed E-state index contributed by atoms with van der Waals surface area (Å²) in [7, 11) is 0. The number of carbonyl (C=O) groups is 1. The molecular weight excluding hydrogens is 428 g/mol. The molecule has 0 aliphatic carbocycles. The summed E-state index contributed by atoms with van der Waals surface area (Å²) >= 11 is 0. The van der Waals surface area contributed by atoms with Crippen LogP contribution in [-0.4, -0.2) is 33.4 Å². The highest BCUT2D eigenvalue weighted by Gasteiger charge is 2.31. The van der Waals surface area contributed by atoms with E-state index in [9.17, 15) is 22.4 Å². The van der Waals surface area contributed by atoms with Gasteiger partial charge in [0.1, 0.15) is 11.6 Å². The molecule has 1 N–H and O–H groups in total. The van der Waals surface area contributed by atoms with E-state index in [1.54, 1.807) is 34.7 Å². The van der Waals surface area contributed by atoms with Gasteiger partial charge in [-0.2, -0.15) is 0 Å². The van der Waals surface area contributed by atoms with Crippen molar-refractivity contribution in [1.29, 1.82) is 0 Å². The van der Waals surface area contributed by atoms with Gasteiger partial charge in [0.15, 0.2) is 11.5 Å². The zero-order valence-corrected chi connectivity index (χ0v) is 16.4. The molecule has 32 heavy (non-hydrogen) atoms. The van der Waals surface area contributed by atoms with E-state index in [4.69, 9.17) is 0 Å². The van der Waals surface area contributed by atoms with Crippen LogP contribution in [0.3, 0.4) is 0 Å². The average Bonchev–Trinajstić information content (AvgIpc) is 3.18. The van der Waals surface area contributed by atoms with E-state index >= 15 is 0 Å². The van der Waals surface area contributed by atoms with E-state index in [2.05, 4.69) is 20.3 Å². The summed E-state index contributed by atoms with van der Waals surface area (Å²) in [5.41, 5.74) is 1.77. The fourth-order valence-corrected chi connectivity index (χ4v) is 3.14. The Balaban J connectivity index is 1.50. The minimum absolute atomic E-state index is 0.244. The van der Waals surface area contributed by atoms with E-state index in [1.165, 1.54) is 36.5 Å². The van der Waals surface area contributed by atoms with Gasteiger partial charge in [-0.25, -0.2) is 4.39 Å². The maximum atomic E-state index is 13.7. The highest BCUT2D eigenvalue weighted by molar-refractivity contribution is 5.94. The van der Waals surface area contributed by atoms with Crippen molar-refractivity contribution in [3.05, 3.63) is 83.8 Å². The molecular formula is C22H16F4N4O2. The summed E-state index contributed by atoms with van der Waals surface area (Å²) in [6.45, 7) is 0.244. The smallest absolute Gasteiger partial charge is 0.406 e. The van der Waals surface area contributed by atoms with Gasteiger partial charge in [-0.05, 0) is 54.4 Å². The highest BCUT2D eigenvalue weighted by atomic mass is 19.4. The molecule has 0 atom stereocenters. The van der Waals surface area contributed by atoms with E-state index in [0.29, 0.717) is 34.6 Å². The predicted molar refractivity (Wildman–Crippen MR) is 108 cm³/mol. The zero-order chi connectivity index (χ0) is 22.7. The van der Waals surface area contributed by atoms with E-state index in [0.717, 1.165) is 0 Å². The maximum Gasteiger partial charge on any atom is 0.573 e. The van der Waals surface area contributed by atoms with Crippen LogP contribution in [0.2, 0.25) is 0 Å². The van der Waals surface area contributed by atoms with E-state index in [-0.39, 0.29) is 24.0 Å². The standard InChI is InChI=1S/C22H16F4N4O2/c23-18-4-2-1-3-14(18)11-12-27-21(31)16-7-10-19-28-29-20(30(19)13-16)15-5-8-17(9-6-15)32-22(24,25)26/h1-10,13H,11-12H2,(H,27,31). The summed E-state index contributed by atoms with van der Waals surface area (Å²) in [6, 6.07) is 14.7. The molecule has 0 unspecified atom stereocenters. The molecule has 0 saturated heterocycles. The van der Waals surface area contributed by atoms with Crippen LogP contribution >= 0.6 is 0 Å². The van der Waals surface area contributed by atoms with Crippen LogP contribution < -0.4 is 10.1 Å². The number of ether oxygens (including phenoxy) is 1. The predicted octanol–water partition coefficient (Wildman–Crippen LogP) is 4.41. The maximum absolute atomic E-state index is 13.7. The van der Waals surface area contributed by atoms with Crippen molar-refractivity contribution in [2.45, 2.75) is 12.8 Å². The second kappa shape index (κ2) is 8.66. The molecule has 0 fully saturated rings. The van der Waals surface area contributed by atoms with Gasteiger partial charge in [0.25, 0.3) is 5.91 Å². The van der Waals surface area contributed by atoms with Crippen molar-refractivity contribution in [2.75, 3.05) is 6.54 Å². The first-order valence-corrected chi connectivity index (χ1v) is 9.53. The van der Waals surface area contributed by atoms with Crippen molar-refractivity contribution >= 4 is 11.6 Å². The molecule has 6 nitrogen and oxygen atoms in total. The average molecular weight is 444 g/mol. The lowest BCUT2D eigenvalue weighted by Gasteiger charge is -2.09. The van der Waals surface area contributed by atoms with Crippen LogP contribution in [0.4, 0.5) is 17.6 Å². The van der Waals surface area contributed by atoms with Crippen molar-refractivity contribution in [3.63, 3.8) is 0 Å². The number of carbonyl (C=O) groups excluding carboxylic acids is 1. The van der Waals surface area contributed by atoms with Gasteiger partial charge in [-0.15, -0.1) is 23.4 Å². The first-order valence-electron chi connectivity index (χ1n) is 9.53. The Hall–Kier alpha value is -3.95. The van der Waals surface area contributed by atoms with Gasteiger partial charge in [0.2, 0.25) is 0 Å². The number of nitrogens with one attached hydrogen (secondary N) is 1. The van der Waals surface area contributed by atoms with Gasteiger partial charge in [-0.1, -0.05) is 18.2 Å². The number of nitrogens with zero attached hydrogens (tertiary/aromatic N) is 3. The van der Waals surface area contributed by atoms with Crippen molar-refractivity contribution < 1.29 is 27.1 Å². The number of pyridine rings is 1. The Labute approximate surface area is 179 Å². The number of aromatic nitrogens is 3. The summed E-state index contributed by atoms with van der Waals surface area (Å²) in [6.07, 6.45) is -2.91. The molecule has 0 bridgehead atoms. The van der Waals surface area contributed by atoms with Crippen molar-refractivity contribution in [1.82, 2.24) is 19.9 Å². The number of benzene rings is 2. The van der Waals surface area contributed by atoms with Crippen LogP contribution in [0.5, 0.6) is 5.75 Å². The Morgan fingerprint density at radius 3 is 2.47 bits per heavy atom. The minimum atomic E-state index is -4.78. The lowest BCUT2D eigenvalue weighted by Crippen LogP contribution is -2.26. The molecule has 4 aromatic rings. The summed E-state index contributed by atoms with van der Waals surface area (Å²) < 4.78 is 56.2. The molecule has 10 heteroatoms. The van der Waals surface area contributed by atoms with Gasteiger partial charge in [0, 0.05) is 18.3 Å². The lowest BCUT2D eigenvalue weighted by atomic mass is 10.1. The summed E-state index contributed by atoms with van der Waals surface area (Å²) in [4.78, 5) is 12.5. The van der Waals surface area contributed by atoms with Crippen molar-refractivity contribution in [3.8, 4) is 17.1 Å². The molecule has 0 saturated carbocycles. The summed E-state index contributed by atoms with van der Waals surface area (Å²) in [5.74, 6) is -0.703. The largest absolute Gasteiger partial charge is 0.573 e. The van der Waals surface area contributed by atoms with Gasteiger partial charge in [-0.3, -0.25) is 9.20 Å². The van der Waals surface area contributed by atoms with Gasteiger partial charge in [0.05, 0.1) is 5.56 Å². The Morgan fingerprint density at radius 2 is 1.75 bits per heavy atom. The number of amides is 1. The lowest BCUT2D eigenvalue weighted by molar-refractivity contribution is -0.274. The van der Waals surface area contributed by atoms with E-state index < -0.39 is 6.36 Å². The molecule has 1 amide bonds. The molecule has 0 radical (unpaired) electrons.